The van der Waals surface area contributed by atoms with Gasteiger partial charge in [-0.15, -0.1) is 0 Å². The number of benzene rings is 2. The van der Waals surface area contributed by atoms with Gasteiger partial charge < -0.3 is 10.2 Å². The van der Waals surface area contributed by atoms with Crippen LogP contribution in [0.4, 0.5) is 0 Å². The molecular weight excluding hydrogens is 384 g/mol. The molecule has 5 nitrogen and oxygen atoms in total. The van der Waals surface area contributed by atoms with E-state index in [1.54, 1.807) is 19.1 Å². The van der Waals surface area contributed by atoms with Crippen LogP contribution in [0.5, 0.6) is 0 Å². The first kappa shape index (κ1) is 17.4. The molecule has 0 fully saturated rings. The largest absolute Gasteiger partial charge is 0.461 e. The molecule has 0 bridgehead atoms. The van der Waals surface area contributed by atoms with Crippen molar-refractivity contribution in [1.29, 1.82) is 0 Å². The summed E-state index contributed by atoms with van der Waals surface area (Å²) in [5, 5.41) is 0. The van der Waals surface area contributed by atoms with Crippen LogP contribution < -0.4 is 10.9 Å². The van der Waals surface area contributed by atoms with Gasteiger partial charge in [0.25, 0.3) is 0 Å². The first-order valence-corrected chi connectivity index (χ1v) is 8.69. The Morgan fingerprint density at radius 1 is 1.08 bits per heavy atom. The topological polar surface area (TPSA) is 67.4 Å². The number of hydrazine groups is 1. The van der Waals surface area contributed by atoms with Gasteiger partial charge >= 0.3 is 5.97 Å². The first-order chi connectivity index (χ1) is 12.1. The number of ketones is 1. The minimum absolute atomic E-state index is 0.127. The molecule has 3 rings (SSSR count). The van der Waals surface area contributed by atoms with Crippen LogP contribution in [0.1, 0.15) is 22.8 Å². The van der Waals surface area contributed by atoms with Crippen molar-refractivity contribution in [3.8, 4) is 0 Å². The van der Waals surface area contributed by atoms with Crippen molar-refractivity contribution in [2.45, 2.75) is 13.0 Å². The molecule has 0 saturated carbocycles. The van der Waals surface area contributed by atoms with Gasteiger partial charge in [0.1, 0.15) is 11.7 Å². The first-order valence-electron chi connectivity index (χ1n) is 7.90. The minimum Gasteiger partial charge on any atom is -0.461 e. The Balaban J connectivity index is 2.02. The number of rotatable bonds is 5. The lowest BCUT2D eigenvalue weighted by Gasteiger charge is -2.14. The van der Waals surface area contributed by atoms with Crippen LogP contribution in [0.25, 0.3) is 5.57 Å². The summed E-state index contributed by atoms with van der Waals surface area (Å²) in [4.78, 5) is 25.2. The number of halogens is 1. The van der Waals surface area contributed by atoms with E-state index in [4.69, 9.17) is 4.74 Å². The lowest BCUT2D eigenvalue weighted by molar-refractivity contribution is -0.138. The monoisotopic (exact) mass is 400 g/mol. The van der Waals surface area contributed by atoms with E-state index >= 15 is 0 Å². The SMILES string of the molecule is CCOC(=O)C1=C(c2ccccc2)[C@@H](C(=O)c2ccc(Br)cc2)NN1. The number of carbonyl (C=O) groups excluding carboxylic acids is 2. The highest BCUT2D eigenvalue weighted by Gasteiger charge is 2.35. The van der Waals surface area contributed by atoms with Crippen molar-refractivity contribution in [3.63, 3.8) is 0 Å². The molecule has 1 aliphatic heterocycles. The van der Waals surface area contributed by atoms with Gasteiger partial charge in [-0.1, -0.05) is 58.4 Å². The van der Waals surface area contributed by atoms with Crippen LogP contribution >= 0.6 is 15.9 Å². The third-order valence-corrected chi connectivity index (χ3v) is 4.38. The van der Waals surface area contributed by atoms with Gasteiger partial charge in [0.15, 0.2) is 5.78 Å². The molecule has 1 heterocycles. The Morgan fingerprint density at radius 3 is 2.40 bits per heavy atom. The van der Waals surface area contributed by atoms with Gasteiger partial charge in [-0.05, 0) is 24.6 Å². The molecule has 0 saturated heterocycles. The molecule has 1 atom stereocenters. The second-order valence-corrected chi connectivity index (χ2v) is 6.36. The number of esters is 1. The van der Waals surface area contributed by atoms with Gasteiger partial charge in [-0.2, -0.15) is 0 Å². The summed E-state index contributed by atoms with van der Waals surface area (Å²) in [6.45, 7) is 2.00. The Kier molecular flexibility index (Phi) is 5.31. The van der Waals surface area contributed by atoms with E-state index in [1.165, 1.54) is 0 Å². The number of ether oxygens (including phenoxy) is 1. The van der Waals surface area contributed by atoms with Crippen molar-refractivity contribution in [1.82, 2.24) is 10.9 Å². The minimum atomic E-state index is -0.678. The Hall–Kier alpha value is -2.44. The molecule has 0 amide bonds. The van der Waals surface area contributed by atoms with E-state index < -0.39 is 12.0 Å². The summed E-state index contributed by atoms with van der Waals surface area (Å²) in [5.41, 5.74) is 7.95. The van der Waals surface area contributed by atoms with Crippen LogP contribution in [0.3, 0.4) is 0 Å². The normalized spacial score (nSPS) is 16.5. The lowest BCUT2D eigenvalue weighted by Crippen LogP contribution is -2.39. The molecular formula is C19H17BrN2O3. The summed E-state index contributed by atoms with van der Waals surface area (Å²) < 4.78 is 6.01. The predicted molar refractivity (Wildman–Crippen MR) is 98.5 cm³/mol. The molecule has 2 aromatic carbocycles. The average molecular weight is 401 g/mol. The smallest absolute Gasteiger partial charge is 0.356 e. The summed E-state index contributed by atoms with van der Waals surface area (Å²) in [6, 6.07) is 15.8. The summed E-state index contributed by atoms with van der Waals surface area (Å²) in [5.74, 6) is -0.613. The van der Waals surface area contributed by atoms with E-state index in [0.717, 1.165) is 10.0 Å². The summed E-state index contributed by atoms with van der Waals surface area (Å²) in [6.07, 6.45) is 0. The van der Waals surface area contributed by atoms with Crippen molar-refractivity contribution in [2.24, 2.45) is 0 Å². The zero-order valence-corrected chi connectivity index (χ0v) is 15.2. The molecule has 0 spiro atoms. The highest BCUT2D eigenvalue weighted by molar-refractivity contribution is 9.10. The van der Waals surface area contributed by atoms with E-state index in [0.29, 0.717) is 11.1 Å². The average Bonchev–Trinajstić information content (AvgIpc) is 3.08. The third kappa shape index (κ3) is 3.65. The van der Waals surface area contributed by atoms with E-state index in [1.807, 2.05) is 42.5 Å². The number of carbonyl (C=O) groups is 2. The van der Waals surface area contributed by atoms with Gasteiger partial charge in [-0.3, -0.25) is 4.79 Å². The van der Waals surface area contributed by atoms with Crippen LogP contribution in [-0.2, 0) is 9.53 Å². The maximum Gasteiger partial charge on any atom is 0.356 e. The molecule has 6 heteroatoms. The molecule has 0 aliphatic carbocycles. The van der Waals surface area contributed by atoms with Crippen LogP contribution in [0, 0.1) is 0 Å². The molecule has 2 aromatic rings. The quantitative estimate of drug-likeness (QED) is 0.596. The van der Waals surface area contributed by atoms with Gasteiger partial charge in [0, 0.05) is 15.6 Å². The zero-order chi connectivity index (χ0) is 17.8. The second-order valence-electron chi connectivity index (χ2n) is 5.45. The highest BCUT2D eigenvalue weighted by atomic mass is 79.9. The summed E-state index contributed by atoms with van der Waals surface area (Å²) in [7, 11) is 0. The molecule has 128 valence electrons. The fourth-order valence-corrected chi connectivity index (χ4v) is 2.96. The highest BCUT2D eigenvalue weighted by Crippen LogP contribution is 2.28. The molecule has 25 heavy (non-hydrogen) atoms. The maximum atomic E-state index is 13.0. The standard InChI is InChI=1S/C19H17BrN2O3/c1-2-25-19(24)17-15(12-6-4-3-5-7-12)16(21-22-17)18(23)13-8-10-14(20)11-9-13/h3-11,16,21-22H,2H2,1H3/t16-/m0/s1. The summed E-state index contributed by atoms with van der Waals surface area (Å²) >= 11 is 3.36. The molecule has 2 N–H and O–H groups in total. The van der Waals surface area contributed by atoms with E-state index in [2.05, 4.69) is 26.8 Å². The number of hydrogen-bond acceptors (Lipinski definition) is 5. The molecule has 1 aliphatic rings. The van der Waals surface area contributed by atoms with Crippen molar-refractivity contribution < 1.29 is 14.3 Å². The fraction of sp³-hybridized carbons (Fsp3) is 0.158. The number of Topliss-reactive ketones (excluding diaryl/α,β-unsaturated/α-hetero) is 1. The van der Waals surface area contributed by atoms with Crippen LogP contribution in [-0.4, -0.2) is 24.4 Å². The Labute approximate surface area is 154 Å². The zero-order valence-electron chi connectivity index (χ0n) is 13.6. The Morgan fingerprint density at radius 2 is 1.76 bits per heavy atom. The van der Waals surface area contributed by atoms with Crippen LogP contribution in [0.15, 0.2) is 64.8 Å². The van der Waals surface area contributed by atoms with E-state index in [9.17, 15) is 9.59 Å². The maximum absolute atomic E-state index is 13.0. The molecule has 0 radical (unpaired) electrons. The number of nitrogens with one attached hydrogen (secondary N) is 2. The van der Waals surface area contributed by atoms with Gasteiger partial charge in [0.2, 0.25) is 0 Å². The van der Waals surface area contributed by atoms with Gasteiger partial charge in [0.05, 0.1) is 6.61 Å². The van der Waals surface area contributed by atoms with Crippen molar-refractivity contribution >= 4 is 33.3 Å². The van der Waals surface area contributed by atoms with Crippen molar-refractivity contribution in [2.75, 3.05) is 6.61 Å². The molecule has 0 aromatic heterocycles. The second kappa shape index (κ2) is 7.63. The van der Waals surface area contributed by atoms with Crippen LogP contribution in [0.2, 0.25) is 0 Å². The lowest BCUT2D eigenvalue weighted by atomic mass is 9.92. The fourth-order valence-electron chi connectivity index (χ4n) is 2.70. The predicted octanol–water partition coefficient (Wildman–Crippen LogP) is 3.08. The van der Waals surface area contributed by atoms with Gasteiger partial charge in [-0.25, -0.2) is 10.2 Å². The van der Waals surface area contributed by atoms with Crippen molar-refractivity contribution in [3.05, 3.63) is 75.9 Å². The number of hydrogen-bond donors (Lipinski definition) is 2. The van der Waals surface area contributed by atoms with E-state index in [-0.39, 0.29) is 18.1 Å². The Bertz CT molecular complexity index is 816. The molecule has 0 unspecified atom stereocenters. The third-order valence-electron chi connectivity index (χ3n) is 3.85.